The van der Waals surface area contributed by atoms with Gasteiger partial charge in [0, 0.05) is 12.1 Å². The summed E-state index contributed by atoms with van der Waals surface area (Å²) in [5, 5.41) is 3.12. The van der Waals surface area contributed by atoms with Gasteiger partial charge < -0.3 is 10.1 Å². The Morgan fingerprint density at radius 3 is 2.27 bits per heavy atom. The molecule has 3 aromatic carbocycles. The van der Waals surface area contributed by atoms with E-state index in [-0.39, 0.29) is 27.8 Å². The highest BCUT2D eigenvalue weighted by Gasteiger charge is 2.33. The third-order valence-corrected chi connectivity index (χ3v) is 5.80. The maximum absolute atomic E-state index is 13.0. The van der Waals surface area contributed by atoms with Gasteiger partial charge in [-0.05, 0) is 47.5 Å². The second-order valence-corrected chi connectivity index (χ2v) is 7.97. The molecule has 0 fully saturated rings. The van der Waals surface area contributed by atoms with Crippen LogP contribution in [0.25, 0.3) is 11.1 Å². The summed E-state index contributed by atoms with van der Waals surface area (Å²) in [7, 11) is 1.20. The molecule has 0 radical (unpaired) electrons. The third-order valence-electron chi connectivity index (χ3n) is 5.19. The SMILES string of the molecule is COC(=O)c1cc(-c2ccc(C(F)(F)F)cc2)c2c(c1)N(c1c(Cl)cccc1Cl)C(=O)NC2. The zero-order valence-corrected chi connectivity index (χ0v) is 18.5. The summed E-state index contributed by atoms with van der Waals surface area (Å²) in [6, 6.07) is 11.7. The van der Waals surface area contributed by atoms with Gasteiger partial charge in [-0.1, -0.05) is 41.4 Å². The molecule has 0 atom stereocenters. The molecule has 1 aliphatic heterocycles. The van der Waals surface area contributed by atoms with Gasteiger partial charge in [0.2, 0.25) is 0 Å². The molecule has 10 heteroatoms. The minimum Gasteiger partial charge on any atom is -0.465 e. The lowest BCUT2D eigenvalue weighted by Crippen LogP contribution is -2.41. The van der Waals surface area contributed by atoms with Crippen molar-refractivity contribution in [2.45, 2.75) is 12.7 Å². The zero-order valence-electron chi connectivity index (χ0n) is 17.0. The maximum atomic E-state index is 13.0. The number of carbonyl (C=O) groups excluding carboxylic acids is 2. The first kappa shape index (κ1) is 22.9. The summed E-state index contributed by atoms with van der Waals surface area (Å²) in [5.74, 6) is -0.679. The number of halogens is 5. The van der Waals surface area contributed by atoms with Crippen LogP contribution in [0, 0.1) is 0 Å². The average Bonchev–Trinajstić information content (AvgIpc) is 2.78. The van der Waals surface area contributed by atoms with E-state index >= 15 is 0 Å². The molecule has 0 aromatic heterocycles. The van der Waals surface area contributed by atoms with Crippen molar-refractivity contribution in [2.75, 3.05) is 12.0 Å². The van der Waals surface area contributed by atoms with Gasteiger partial charge in [-0.2, -0.15) is 13.2 Å². The number of anilines is 2. The Hall–Kier alpha value is -3.23. The van der Waals surface area contributed by atoms with Crippen LogP contribution in [0.2, 0.25) is 10.0 Å². The number of fused-ring (bicyclic) bond motifs is 1. The fourth-order valence-corrected chi connectivity index (χ4v) is 4.22. The normalized spacial score (nSPS) is 13.4. The molecule has 0 aliphatic carbocycles. The first-order valence-corrected chi connectivity index (χ1v) is 10.3. The highest BCUT2D eigenvalue weighted by Crippen LogP contribution is 2.44. The molecule has 0 spiro atoms. The van der Waals surface area contributed by atoms with E-state index in [4.69, 9.17) is 27.9 Å². The first-order valence-electron chi connectivity index (χ1n) is 9.56. The van der Waals surface area contributed by atoms with Gasteiger partial charge in [-0.25, -0.2) is 9.59 Å². The van der Waals surface area contributed by atoms with Crippen LogP contribution in [0.5, 0.6) is 0 Å². The summed E-state index contributed by atoms with van der Waals surface area (Å²) in [4.78, 5) is 26.5. The highest BCUT2D eigenvalue weighted by atomic mass is 35.5. The number of nitrogens with zero attached hydrogens (tertiary/aromatic N) is 1. The molecule has 0 saturated heterocycles. The molecule has 33 heavy (non-hydrogen) atoms. The molecule has 5 nitrogen and oxygen atoms in total. The van der Waals surface area contributed by atoms with Crippen LogP contribution in [-0.4, -0.2) is 19.1 Å². The van der Waals surface area contributed by atoms with E-state index in [1.165, 1.54) is 36.3 Å². The maximum Gasteiger partial charge on any atom is 0.416 e. The van der Waals surface area contributed by atoms with E-state index < -0.39 is 23.7 Å². The second kappa shape index (κ2) is 8.61. The van der Waals surface area contributed by atoms with Gasteiger partial charge >= 0.3 is 18.2 Å². The number of nitrogens with one attached hydrogen (secondary N) is 1. The Morgan fingerprint density at radius 1 is 1.06 bits per heavy atom. The molecular formula is C23H15Cl2F3N2O3. The molecule has 1 heterocycles. The van der Waals surface area contributed by atoms with Gasteiger partial charge in [0.1, 0.15) is 0 Å². The molecule has 3 aromatic rings. The van der Waals surface area contributed by atoms with E-state index in [0.717, 1.165) is 12.1 Å². The number of benzene rings is 3. The number of amides is 2. The van der Waals surface area contributed by atoms with Gasteiger partial charge in [-0.3, -0.25) is 4.90 Å². The number of carbonyl (C=O) groups is 2. The quantitative estimate of drug-likeness (QED) is 0.406. The average molecular weight is 495 g/mol. The molecule has 0 unspecified atom stereocenters. The largest absolute Gasteiger partial charge is 0.465 e. The summed E-state index contributed by atoms with van der Waals surface area (Å²) in [5.41, 5.74) is 1.27. The summed E-state index contributed by atoms with van der Waals surface area (Å²) in [6.07, 6.45) is -4.49. The summed E-state index contributed by atoms with van der Waals surface area (Å²) >= 11 is 12.7. The van der Waals surface area contributed by atoms with Crippen LogP contribution in [0.3, 0.4) is 0 Å². The Morgan fingerprint density at radius 2 is 1.70 bits per heavy atom. The van der Waals surface area contributed by atoms with Crippen molar-refractivity contribution in [3.05, 3.63) is 81.3 Å². The van der Waals surface area contributed by atoms with Crippen LogP contribution in [-0.2, 0) is 17.5 Å². The second-order valence-electron chi connectivity index (χ2n) is 7.15. The molecular weight excluding hydrogens is 480 g/mol. The zero-order chi connectivity index (χ0) is 23.9. The van der Waals surface area contributed by atoms with Crippen molar-refractivity contribution in [3.8, 4) is 11.1 Å². The van der Waals surface area contributed by atoms with Crippen molar-refractivity contribution in [3.63, 3.8) is 0 Å². The number of hydrogen-bond acceptors (Lipinski definition) is 3. The van der Waals surface area contributed by atoms with Crippen LogP contribution in [0.15, 0.2) is 54.6 Å². The van der Waals surface area contributed by atoms with Gasteiger partial charge in [0.05, 0.1) is 39.7 Å². The van der Waals surface area contributed by atoms with Crippen LogP contribution < -0.4 is 10.2 Å². The molecule has 0 saturated carbocycles. The van der Waals surface area contributed by atoms with E-state index in [1.807, 2.05) is 0 Å². The number of methoxy groups -OCH3 is 1. The fourth-order valence-electron chi connectivity index (χ4n) is 3.65. The number of alkyl halides is 3. The van der Waals surface area contributed by atoms with Gasteiger partial charge in [0.15, 0.2) is 0 Å². The van der Waals surface area contributed by atoms with Crippen molar-refractivity contribution in [1.82, 2.24) is 5.32 Å². The molecule has 170 valence electrons. The number of urea groups is 1. The predicted molar refractivity (Wildman–Crippen MR) is 119 cm³/mol. The third kappa shape index (κ3) is 4.24. The van der Waals surface area contributed by atoms with Crippen molar-refractivity contribution < 1.29 is 27.5 Å². The Bertz CT molecular complexity index is 1240. The van der Waals surface area contributed by atoms with E-state index in [9.17, 15) is 22.8 Å². The Labute approximate surface area is 196 Å². The number of para-hydroxylation sites is 1. The number of hydrogen-bond donors (Lipinski definition) is 1. The van der Waals surface area contributed by atoms with E-state index in [0.29, 0.717) is 22.4 Å². The summed E-state index contributed by atoms with van der Waals surface area (Å²) in [6.45, 7) is 0.0740. The Kier molecular flexibility index (Phi) is 5.99. The summed E-state index contributed by atoms with van der Waals surface area (Å²) < 4.78 is 43.9. The lowest BCUT2D eigenvalue weighted by molar-refractivity contribution is -0.137. The molecule has 1 aliphatic rings. The lowest BCUT2D eigenvalue weighted by atomic mass is 9.93. The van der Waals surface area contributed by atoms with Gasteiger partial charge in [0.25, 0.3) is 0 Å². The number of esters is 1. The minimum absolute atomic E-state index is 0.0740. The number of rotatable bonds is 3. The topological polar surface area (TPSA) is 58.6 Å². The van der Waals surface area contributed by atoms with Crippen molar-refractivity contribution in [1.29, 1.82) is 0 Å². The smallest absolute Gasteiger partial charge is 0.416 e. The van der Waals surface area contributed by atoms with Crippen LogP contribution in [0.1, 0.15) is 21.5 Å². The van der Waals surface area contributed by atoms with Gasteiger partial charge in [-0.15, -0.1) is 0 Å². The van der Waals surface area contributed by atoms with Crippen molar-refractivity contribution >= 4 is 46.6 Å². The molecule has 0 bridgehead atoms. The number of ether oxygens (including phenoxy) is 1. The van der Waals surface area contributed by atoms with Crippen molar-refractivity contribution in [2.24, 2.45) is 0 Å². The fraction of sp³-hybridized carbons (Fsp3) is 0.130. The van der Waals surface area contributed by atoms with E-state index in [1.54, 1.807) is 18.2 Å². The van der Waals surface area contributed by atoms with Crippen LogP contribution in [0.4, 0.5) is 29.3 Å². The minimum atomic E-state index is -4.49. The first-order chi connectivity index (χ1) is 15.6. The monoisotopic (exact) mass is 494 g/mol. The molecule has 4 rings (SSSR count). The standard InChI is InChI=1S/C23H15Cl2F3N2O3/c1-33-21(31)13-9-15(12-5-7-14(8-6-12)23(26,27)28)16-11-29-22(32)30(19(16)10-13)20-17(24)3-2-4-18(20)25/h2-10H,11H2,1H3,(H,29,32). The lowest BCUT2D eigenvalue weighted by Gasteiger charge is -2.33. The molecule has 2 amide bonds. The Balaban J connectivity index is 1.96. The predicted octanol–water partition coefficient (Wildman–Crippen LogP) is 6.83. The molecule has 1 N–H and O–H groups in total. The van der Waals surface area contributed by atoms with Crippen LogP contribution >= 0.6 is 23.2 Å². The van der Waals surface area contributed by atoms with E-state index in [2.05, 4.69) is 5.32 Å². The highest BCUT2D eigenvalue weighted by molar-refractivity contribution is 6.40.